The number of benzene rings is 3. The first kappa shape index (κ1) is 12.8. The first-order chi connectivity index (χ1) is 11.9. The van der Waals surface area contributed by atoms with Gasteiger partial charge in [0.1, 0.15) is 0 Å². The Morgan fingerprint density at radius 2 is 1.50 bits per heavy atom. The Bertz CT molecular complexity index is 1040. The summed E-state index contributed by atoms with van der Waals surface area (Å²) in [7, 11) is 0. The van der Waals surface area contributed by atoms with Crippen LogP contribution in [0.25, 0.3) is 6.08 Å². The third kappa shape index (κ3) is 1.54. The third-order valence-corrected chi connectivity index (χ3v) is 6.11. The van der Waals surface area contributed by atoms with E-state index in [1.807, 2.05) is 0 Å². The SMILES string of the molecule is C1=Cc2c(ccc3c2Cc2cccc4c2C3c2ccccc2C4)C1. The van der Waals surface area contributed by atoms with Gasteiger partial charge in [0.25, 0.3) is 0 Å². The number of allylic oxidation sites excluding steroid dienone is 1. The van der Waals surface area contributed by atoms with Crippen LogP contribution < -0.4 is 0 Å². The fraction of sp³-hybridized carbons (Fsp3) is 0.167. The molecule has 24 heavy (non-hydrogen) atoms. The van der Waals surface area contributed by atoms with Crippen molar-refractivity contribution in [2.75, 3.05) is 0 Å². The van der Waals surface area contributed by atoms with Gasteiger partial charge in [-0.3, -0.25) is 0 Å². The minimum absolute atomic E-state index is 0.421. The van der Waals surface area contributed by atoms with Gasteiger partial charge in [-0.25, -0.2) is 0 Å². The van der Waals surface area contributed by atoms with E-state index in [1.54, 1.807) is 11.1 Å². The minimum atomic E-state index is 0.421. The highest BCUT2D eigenvalue weighted by Gasteiger charge is 2.34. The van der Waals surface area contributed by atoms with Crippen molar-refractivity contribution in [1.82, 2.24) is 0 Å². The van der Waals surface area contributed by atoms with E-state index >= 15 is 0 Å². The summed E-state index contributed by atoms with van der Waals surface area (Å²) in [6.45, 7) is 0. The molecule has 114 valence electrons. The molecule has 0 amide bonds. The molecule has 0 heteroatoms. The van der Waals surface area contributed by atoms with Gasteiger partial charge in [-0.1, -0.05) is 66.7 Å². The van der Waals surface area contributed by atoms with E-state index in [9.17, 15) is 0 Å². The highest BCUT2D eigenvalue weighted by atomic mass is 14.4. The van der Waals surface area contributed by atoms with E-state index < -0.39 is 0 Å². The highest BCUT2D eigenvalue weighted by Crippen LogP contribution is 2.48. The maximum atomic E-state index is 2.41. The van der Waals surface area contributed by atoms with Gasteiger partial charge >= 0.3 is 0 Å². The van der Waals surface area contributed by atoms with Crippen LogP contribution in [0.15, 0.2) is 60.7 Å². The van der Waals surface area contributed by atoms with Crippen LogP contribution in [-0.4, -0.2) is 0 Å². The lowest BCUT2D eigenvalue weighted by Gasteiger charge is -2.36. The lowest BCUT2D eigenvalue weighted by molar-refractivity contribution is 0.822. The Hall–Kier alpha value is -2.60. The molecule has 0 spiro atoms. The Labute approximate surface area is 142 Å². The molecular weight excluding hydrogens is 288 g/mol. The summed E-state index contributed by atoms with van der Waals surface area (Å²) in [6, 6.07) is 20.7. The standard InChI is InChI=1S/C24H18/c1-2-9-20-16(5-1)13-17-7-3-8-18-14-22-19-10-4-6-15(19)11-12-21(22)24(20)23(17)18/h1-5,7-12,24H,6,13-14H2. The van der Waals surface area contributed by atoms with Crippen molar-refractivity contribution in [3.05, 3.63) is 111 Å². The third-order valence-electron chi connectivity index (χ3n) is 6.11. The van der Waals surface area contributed by atoms with Crippen LogP contribution in [0.1, 0.15) is 56.0 Å². The summed E-state index contributed by atoms with van der Waals surface area (Å²) in [5.74, 6) is 0.421. The van der Waals surface area contributed by atoms with E-state index in [0.29, 0.717) is 5.92 Å². The van der Waals surface area contributed by atoms with Gasteiger partial charge in [-0.05, 0) is 69.3 Å². The summed E-state index contributed by atoms with van der Waals surface area (Å²) in [6.07, 6.45) is 7.92. The van der Waals surface area contributed by atoms with Crippen molar-refractivity contribution in [3.8, 4) is 0 Å². The van der Waals surface area contributed by atoms with E-state index in [0.717, 1.165) is 19.3 Å². The molecule has 0 saturated heterocycles. The second-order valence-electron chi connectivity index (χ2n) is 7.29. The lowest BCUT2D eigenvalue weighted by atomic mass is 9.67. The second-order valence-corrected chi connectivity index (χ2v) is 7.29. The van der Waals surface area contributed by atoms with Gasteiger partial charge < -0.3 is 0 Å². The fourth-order valence-corrected chi connectivity index (χ4v) is 5.08. The van der Waals surface area contributed by atoms with Gasteiger partial charge in [0, 0.05) is 5.92 Å². The van der Waals surface area contributed by atoms with Gasteiger partial charge in [0.2, 0.25) is 0 Å². The molecule has 3 aliphatic rings. The van der Waals surface area contributed by atoms with Gasteiger partial charge in [-0.2, -0.15) is 0 Å². The van der Waals surface area contributed by atoms with Gasteiger partial charge in [0.15, 0.2) is 0 Å². The normalized spacial score (nSPS) is 18.6. The van der Waals surface area contributed by atoms with E-state index in [2.05, 4.69) is 66.7 Å². The molecule has 3 aromatic carbocycles. The van der Waals surface area contributed by atoms with Gasteiger partial charge in [0.05, 0.1) is 0 Å². The van der Waals surface area contributed by atoms with Crippen molar-refractivity contribution in [1.29, 1.82) is 0 Å². The smallest absolute Gasteiger partial charge is 0.0351 e. The monoisotopic (exact) mass is 306 g/mol. The zero-order valence-electron chi connectivity index (χ0n) is 13.5. The molecule has 0 nitrogen and oxygen atoms in total. The van der Waals surface area contributed by atoms with E-state index in [4.69, 9.17) is 0 Å². The molecule has 0 aromatic heterocycles. The first-order valence-corrected chi connectivity index (χ1v) is 8.90. The van der Waals surface area contributed by atoms with Crippen LogP contribution in [0.3, 0.4) is 0 Å². The largest absolute Gasteiger partial charge is 0.0795 e. The molecule has 1 atom stereocenters. The van der Waals surface area contributed by atoms with Crippen molar-refractivity contribution in [2.24, 2.45) is 0 Å². The molecular formula is C24H18. The summed E-state index contributed by atoms with van der Waals surface area (Å²) >= 11 is 0. The maximum absolute atomic E-state index is 2.41. The van der Waals surface area contributed by atoms with E-state index in [1.165, 1.54) is 38.9 Å². The summed E-state index contributed by atoms with van der Waals surface area (Å²) in [5.41, 5.74) is 13.7. The van der Waals surface area contributed by atoms with Crippen molar-refractivity contribution >= 4 is 6.08 Å². The van der Waals surface area contributed by atoms with Crippen LogP contribution in [0.2, 0.25) is 0 Å². The van der Waals surface area contributed by atoms with Gasteiger partial charge in [-0.15, -0.1) is 0 Å². The van der Waals surface area contributed by atoms with Crippen LogP contribution in [0.4, 0.5) is 0 Å². The molecule has 0 heterocycles. The zero-order valence-corrected chi connectivity index (χ0v) is 13.5. The molecule has 0 N–H and O–H groups in total. The molecule has 3 aliphatic carbocycles. The average Bonchev–Trinajstić information content (AvgIpc) is 3.11. The molecule has 6 rings (SSSR count). The summed E-state index contributed by atoms with van der Waals surface area (Å²) in [5, 5.41) is 0. The van der Waals surface area contributed by atoms with Crippen LogP contribution >= 0.6 is 0 Å². The van der Waals surface area contributed by atoms with Crippen LogP contribution in [0.5, 0.6) is 0 Å². The Kier molecular flexibility index (Phi) is 2.38. The highest BCUT2D eigenvalue weighted by molar-refractivity contribution is 5.71. The topological polar surface area (TPSA) is 0 Å². The molecule has 3 aromatic rings. The Balaban J connectivity index is 1.71. The summed E-state index contributed by atoms with van der Waals surface area (Å²) < 4.78 is 0. The Morgan fingerprint density at radius 3 is 2.46 bits per heavy atom. The second kappa shape index (κ2) is 4.48. The van der Waals surface area contributed by atoms with Crippen molar-refractivity contribution in [3.63, 3.8) is 0 Å². The summed E-state index contributed by atoms with van der Waals surface area (Å²) in [4.78, 5) is 0. The first-order valence-electron chi connectivity index (χ1n) is 8.90. The molecule has 1 unspecified atom stereocenters. The number of hydrogen-bond donors (Lipinski definition) is 0. The Morgan fingerprint density at radius 1 is 0.667 bits per heavy atom. The number of fused-ring (bicyclic) bond motifs is 6. The molecule has 0 saturated carbocycles. The van der Waals surface area contributed by atoms with Crippen molar-refractivity contribution < 1.29 is 0 Å². The molecule has 0 fully saturated rings. The molecule has 0 bridgehead atoms. The maximum Gasteiger partial charge on any atom is 0.0351 e. The predicted octanol–water partition coefficient (Wildman–Crippen LogP) is 5.24. The zero-order chi connectivity index (χ0) is 15.7. The lowest BCUT2D eigenvalue weighted by Crippen LogP contribution is -2.22. The average molecular weight is 306 g/mol. The van der Waals surface area contributed by atoms with E-state index in [-0.39, 0.29) is 0 Å². The van der Waals surface area contributed by atoms with Crippen LogP contribution in [-0.2, 0) is 19.3 Å². The molecule has 0 radical (unpaired) electrons. The van der Waals surface area contributed by atoms with Crippen LogP contribution in [0, 0.1) is 0 Å². The fourth-order valence-electron chi connectivity index (χ4n) is 5.08. The minimum Gasteiger partial charge on any atom is -0.0795 e. The number of rotatable bonds is 0. The molecule has 0 aliphatic heterocycles. The van der Waals surface area contributed by atoms with Crippen molar-refractivity contribution in [2.45, 2.75) is 25.2 Å². The predicted molar refractivity (Wildman–Crippen MR) is 98.6 cm³/mol. The quantitative estimate of drug-likeness (QED) is 0.367. The number of hydrogen-bond acceptors (Lipinski definition) is 0.